The van der Waals surface area contributed by atoms with Crippen molar-refractivity contribution in [2.45, 2.75) is 44.7 Å². The van der Waals surface area contributed by atoms with Crippen molar-refractivity contribution in [1.29, 1.82) is 5.26 Å². The number of nitrogens with zero attached hydrogens (tertiary/aromatic N) is 3. The van der Waals surface area contributed by atoms with Crippen molar-refractivity contribution in [1.82, 2.24) is 9.55 Å². The van der Waals surface area contributed by atoms with E-state index in [-0.39, 0.29) is 16.5 Å². The maximum atomic E-state index is 12.7. The highest BCUT2D eigenvalue weighted by Crippen LogP contribution is 2.32. The summed E-state index contributed by atoms with van der Waals surface area (Å²) in [5, 5.41) is 10.5. The molecule has 1 atom stereocenters. The fraction of sp³-hybridized carbons (Fsp3) is 0.421. The van der Waals surface area contributed by atoms with E-state index in [0.29, 0.717) is 18.0 Å². The lowest BCUT2D eigenvalue weighted by atomic mass is 9.91. The van der Waals surface area contributed by atoms with Crippen LogP contribution < -0.4 is 5.56 Å². The molecule has 124 valence electrons. The van der Waals surface area contributed by atoms with E-state index in [1.54, 1.807) is 22.5 Å². The van der Waals surface area contributed by atoms with Gasteiger partial charge in [-0.2, -0.15) is 5.26 Å². The molecule has 1 unspecified atom stereocenters. The van der Waals surface area contributed by atoms with Crippen molar-refractivity contribution in [3.63, 3.8) is 0 Å². The van der Waals surface area contributed by atoms with E-state index < -0.39 is 0 Å². The van der Waals surface area contributed by atoms with Crippen molar-refractivity contribution < 1.29 is 0 Å². The van der Waals surface area contributed by atoms with Crippen LogP contribution in [0.5, 0.6) is 0 Å². The minimum Gasteiger partial charge on any atom is -0.302 e. The Balaban J connectivity index is 2.14. The normalized spacial score (nSPS) is 17.2. The zero-order chi connectivity index (χ0) is 17.5. The summed E-state index contributed by atoms with van der Waals surface area (Å²) in [7, 11) is 0. The molecule has 0 saturated heterocycles. The summed E-state index contributed by atoms with van der Waals surface area (Å²) in [5.41, 5.74) is 2.48. The number of fused-ring (bicyclic) bond motifs is 1. The van der Waals surface area contributed by atoms with Gasteiger partial charge in [-0.1, -0.05) is 33.8 Å². The van der Waals surface area contributed by atoms with Crippen LogP contribution in [-0.2, 0) is 12.0 Å². The highest BCUT2D eigenvalue weighted by atomic mass is 32.2. The third-order valence-electron chi connectivity index (χ3n) is 4.23. The zero-order valence-electron chi connectivity index (χ0n) is 14.5. The molecule has 0 aromatic carbocycles. The first-order valence-electron chi connectivity index (χ1n) is 8.09. The molecular formula is C19H21N3OS. The highest BCUT2D eigenvalue weighted by Gasteiger charge is 2.22. The summed E-state index contributed by atoms with van der Waals surface area (Å²) >= 11 is 1.68. The second kappa shape index (κ2) is 6.10. The second-order valence-corrected chi connectivity index (χ2v) is 8.44. The van der Waals surface area contributed by atoms with Crippen molar-refractivity contribution in [3.05, 3.63) is 46.0 Å². The molecule has 5 heteroatoms. The van der Waals surface area contributed by atoms with Crippen molar-refractivity contribution >= 4 is 11.8 Å². The molecule has 0 bridgehead atoms. The fourth-order valence-corrected chi connectivity index (χ4v) is 3.92. The molecule has 1 aliphatic rings. The molecule has 24 heavy (non-hydrogen) atoms. The van der Waals surface area contributed by atoms with E-state index in [4.69, 9.17) is 0 Å². The van der Waals surface area contributed by atoms with Gasteiger partial charge in [0.25, 0.3) is 5.56 Å². The molecule has 1 aliphatic heterocycles. The molecule has 2 aromatic rings. The highest BCUT2D eigenvalue weighted by molar-refractivity contribution is 7.99. The van der Waals surface area contributed by atoms with Crippen LogP contribution in [-0.4, -0.2) is 15.3 Å². The smallest absolute Gasteiger partial charge is 0.269 e. The Labute approximate surface area is 146 Å². The molecule has 0 radical (unpaired) electrons. The van der Waals surface area contributed by atoms with Crippen LogP contribution in [0.25, 0.3) is 11.1 Å². The predicted molar refractivity (Wildman–Crippen MR) is 97.2 cm³/mol. The van der Waals surface area contributed by atoms with Gasteiger partial charge in [0.15, 0.2) is 0 Å². The Morgan fingerprint density at radius 3 is 2.71 bits per heavy atom. The monoisotopic (exact) mass is 339 g/mol. The molecule has 2 aromatic heterocycles. The molecule has 0 N–H and O–H groups in total. The Bertz CT molecular complexity index is 870. The van der Waals surface area contributed by atoms with E-state index >= 15 is 0 Å². The standard InChI is InChI=1S/C19H21N3OS/c1-12-10-22-17(24-11-12)7-14(15(8-20)18(22)23)13-5-6-16(21-9-13)19(2,3)4/h5-7,9,12H,10-11H2,1-4H3. The number of rotatable bonds is 1. The maximum Gasteiger partial charge on any atom is 0.269 e. The number of thioether (sulfide) groups is 1. The molecule has 3 heterocycles. The van der Waals surface area contributed by atoms with Crippen LogP contribution in [0.2, 0.25) is 0 Å². The lowest BCUT2D eigenvalue weighted by Gasteiger charge is -2.24. The summed E-state index contributed by atoms with van der Waals surface area (Å²) in [6.45, 7) is 9.13. The van der Waals surface area contributed by atoms with Gasteiger partial charge < -0.3 is 4.57 Å². The van der Waals surface area contributed by atoms with Crippen molar-refractivity contribution in [2.75, 3.05) is 5.75 Å². The first-order valence-corrected chi connectivity index (χ1v) is 9.07. The van der Waals surface area contributed by atoms with Gasteiger partial charge in [0.1, 0.15) is 11.6 Å². The lowest BCUT2D eigenvalue weighted by Crippen LogP contribution is -2.30. The molecule has 0 amide bonds. The van der Waals surface area contributed by atoms with Crippen molar-refractivity contribution in [3.8, 4) is 17.2 Å². The van der Waals surface area contributed by atoms with Gasteiger partial charge in [-0.05, 0) is 18.1 Å². The predicted octanol–water partition coefficient (Wildman–Crippen LogP) is 3.82. The number of aromatic nitrogens is 2. The lowest BCUT2D eigenvalue weighted by molar-refractivity contribution is 0.474. The summed E-state index contributed by atoms with van der Waals surface area (Å²) in [6, 6.07) is 7.99. The summed E-state index contributed by atoms with van der Waals surface area (Å²) in [4.78, 5) is 17.2. The van der Waals surface area contributed by atoms with Crippen molar-refractivity contribution in [2.24, 2.45) is 5.92 Å². The Hall–Kier alpha value is -2.06. The number of nitriles is 1. The SMILES string of the molecule is CC1CSc2cc(-c3ccc(C(C)(C)C)nc3)c(C#N)c(=O)n2C1. The summed E-state index contributed by atoms with van der Waals surface area (Å²) < 4.78 is 1.73. The minimum atomic E-state index is -0.191. The fourth-order valence-electron chi connectivity index (χ4n) is 2.84. The first kappa shape index (κ1) is 16.8. The summed E-state index contributed by atoms with van der Waals surface area (Å²) in [5.74, 6) is 1.43. The topological polar surface area (TPSA) is 58.7 Å². The molecule has 0 aliphatic carbocycles. The molecule has 0 spiro atoms. The largest absolute Gasteiger partial charge is 0.302 e. The van der Waals surface area contributed by atoms with Crippen LogP contribution in [0.15, 0.2) is 34.2 Å². The van der Waals surface area contributed by atoms with Gasteiger partial charge in [0.2, 0.25) is 0 Å². The van der Waals surface area contributed by atoms with E-state index in [0.717, 1.165) is 22.0 Å². The van der Waals surface area contributed by atoms with Gasteiger partial charge in [0, 0.05) is 40.7 Å². The second-order valence-electron chi connectivity index (χ2n) is 7.40. The van der Waals surface area contributed by atoms with Gasteiger partial charge in [-0.15, -0.1) is 11.8 Å². The van der Waals surface area contributed by atoms with Gasteiger partial charge in [0.05, 0.1) is 5.03 Å². The Morgan fingerprint density at radius 2 is 2.12 bits per heavy atom. The number of hydrogen-bond donors (Lipinski definition) is 0. The van der Waals surface area contributed by atoms with E-state index in [2.05, 4.69) is 38.7 Å². The van der Waals surface area contributed by atoms with Crippen LogP contribution >= 0.6 is 11.8 Å². The van der Waals surface area contributed by atoms with Crippen LogP contribution in [0.3, 0.4) is 0 Å². The Kier molecular flexibility index (Phi) is 4.27. The van der Waals surface area contributed by atoms with Crippen LogP contribution in [0, 0.1) is 17.2 Å². The van der Waals surface area contributed by atoms with Crippen LogP contribution in [0.4, 0.5) is 0 Å². The number of hydrogen-bond acceptors (Lipinski definition) is 4. The Morgan fingerprint density at radius 1 is 1.38 bits per heavy atom. The average Bonchev–Trinajstić information content (AvgIpc) is 2.54. The van der Waals surface area contributed by atoms with Gasteiger partial charge in [-0.25, -0.2) is 0 Å². The summed E-state index contributed by atoms with van der Waals surface area (Å²) in [6.07, 6.45) is 1.77. The third kappa shape index (κ3) is 2.99. The first-order chi connectivity index (χ1) is 11.3. The van der Waals surface area contributed by atoms with E-state index in [9.17, 15) is 10.1 Å². The minimum absolute atomic E-state index is 0.0298. The maximum absolute atomic E-state index is 12.7. The zero-order valence-corrected chi connectivity index (χ0v) is 15.3. The molecule has 4 nitrogen and oxygen atoms in total. The molecule has 0 fully saturated rings. The van der Waals surface area contributed by atoms with E-state index in [1.807, 2.05) is 18.2 Å². The van der Waals surface area contributed by atoms with E-state index in [1.165, 1.54) is 0 Å². The number of pyridine rings is 2. The molecule has 0 saturated carbocycles. The van der Waals surface area contributed by atoms with Crippen LogP contribution in [0.1, 0.15) is 39.0 Å². The quantitative estimate of drug-likeness (QED) is 0.792. The van der Waals surface area contributed by atoms with Gasteiger partial charge in [-0.3, -0.25) is 9.78 Å². The average molecular weight is 339 g/mol. The molecular weight excluding hydrogens is 318 g/mol. The van der Waals surface area contributed by atoms with Gasteiger partial charge >= 0.3 is 0 Å². The third-order valence-corrected chi connectivity index (χ3v) is 5.60. The molecule has 3 rings (SSSR count).